The molecule has 4 aliphatic carbocycles. The first-order valence-electron chi connectivity index (χ1n) is 10.6. The number of fused-ring (bicyclic) bond motifs is 5. The molecular formula is C23H34O3. The molecule has 0 N–H and O–H groups in total. The van der Waals surface area contributed by atoms with Gasteiger partial charge in [0.25, 0.3) is 0 Å². The fourth-order valence-electron chi connectivity index (χ4n) is 7.67. The first-order chi connectivity index (χ1) is 12.3. The van der Waals surface area contributed by atoms with E-state index in [4.69, 9.17) is 4.74 Å². The summed E-state index contributed by atoms with van der Waals surface area (Å²) in [5, 5.41) is 0. The molecule has 0 unspecified atom stereocenters. The second kappa shape index (κ2) is 6.21. The Kier molecular flexibility index (Phi) is 4.36. The Morgan fingerprint density at radius 1 is 1.04 bits per heavy atom. The van der Waals surface area contributed by atoms with Crippen LogP contribution in [0.15, 0.2) is 11.6 Å². The second-order valence-corrected chi connectivity index (χ2v) is 10.0. The summed E-state index contributed by atoms with van der Waals surface area (Å²) in [7, 11) is 0. The highest BCUT2D eigenvalue weighted by Gasteiger charge is 2.59. The molecule has 0 aromatic heterocycles. The Morgan fingerprint density at radius 3 is 2.50 bits per heavy atom. The van der Waals surface area contributed by atoms with Gasteiger partial charge >= 0.3 is 5.97 Å². The lowest BCUT2D eigenvalue weighted by atomic mass is 9.44. The number of hydrogen-bond acceptors (Lipinski definition) is 3. The number of carbonyl (C=O) groups is 2. The molecule has 0 aromatic rings. The van der Waals surface area contributed by atoms with Gasteiger partial charge in [-0.15, -0.1) is 0 Å². The van der Waals surface area contributed by atoms with Crippen molar-refractivity contribution in [3.8, 4) is 0 Å². The number of rotatable bonds is 2. The van der Waals surface area contributed by atoms with Crippen LogP contribution in [0.4, 0.5) is 0 Å². The Labute approximate surface area is 157 Å². The number of allylic oxidation sites excluding steroid dienone is 2. The average Bonchev–Trinajstić information content (AvgIpc) is 2.92. The van der Waals surface area contributed by atoms with E-state index in [1.807, 2.05) is 0 Å². The number of ether oxygens (including phenoxy) is 1. The van der Waals surface area contributed by atoms with Gasteiger partial charge in [0.2, 0.25) is 0 Å². The van der Waals surface area contributed by atoms with Crippen LogP contribution in [0.5, 0.6) is 0 Å². The van der Waals surface area contributed by atoms with Gasteiger partial charge < -0.3 is 4.74 Å². The van der Waals surface area contributed by atoms with Gasteiger partial charge in [0.05, 0.1) is 0 Å². The van der Waals surface area contributed by atoms with E-state index in [-0.39, 0.29) is 23.3 Å². The summed E-state index contributed by atoms with van der Waals surface area (Å²) in [6, 6.07) is 0. The van der Waals surface area contributed by atoms with E-state index in [0.717, 1.165) is 36.7 Å². The highest BCUT2D eigenvalue weighted by Crippen LogP contribution is 2.66. The van der Waals surface area contributed by atoms with Crippen LogP contribution in [0.25, 0.3) is 0 Å². The topological polar surface area (TPSA) is 43.4 Å². The van der Waals surface area contributed by atoms with Crippen molar-refractivity contribution < 1.29 is 14.3 Å². The third-order valence-corrected chi connectivity index (χ3v) is 8.91. The molecule has 3 heteroatoms. The molecule has 0 bridgehead atoms. The minimum atomic E-state index is -0.130. The summed E-state index contributed by atoms with van der Waals surface area (Å²) in [5.41, 5.74) is 1.62. The Bertz CT molecular complexity index is 650. The number of Topliss-reactive ketones (excluding diaryl/α,β-unsaturated/α-hetero) is 1. The first kappa shape index (κ1) is 18.3. The van der Waals surface area contributed by atoms with Gasteiger partial charge in [-0.3, -0.25) is 9.59 Å². The van der Waals surface area contributed by atoms with E-state index in [1.165, 1.54) is 39.0 Å². The van der Waals surface area contributed by atoms with E-state index in [9.17, 15) is 9.59 Å². The zero-order chi connectivity index (χ0) is 18.7. The van der Waals surface area contributed by atoms with Crippen molar-refractivity contribution in [3.05, 3.63) is 11.6 Å². The minimum Gasteiger partial charge on any atom is -0.463 e. The van der Waals surface area contributed by atoms with Gasteiger partial charge in [-0.1, -0.05) is 19.9 Å². The standard InChI is InChI=1S/C23H34O3/c1-14(24)19-7-8-20-18-6-5-16-13-17(26-15(2)25)9-11-22(16,3)21(18)10-12-23(19,20)4/h7,16-18,20-21H,5-6,8-13H2,1-4H3/t16-,17-,18-,20-,21-,22-,23+/m0/s1. The van der Waals surface area contributed by atoms with E-state index in [0.29, 0.717) is 17.3 Å². The molecule has 0 radical (unpaired) electrons. The van der Waals surface area contributed by atoms with Crippen molar-refractivity contribution in [1.29, 1.82) is 0 Å². The predicted molar refractivity (Wildman–Crippen MR) is 101 cm³/mol. The van der Waals surface area contributed by atoms with Gasteiger partial charge in [-0.2, -0.15) is 0 Å². The third kappa shape index (κ3) is 2.60. The molecule has 0 spiro atoms. The maximum Gasteiger partial charge on any atom is 0.302 e. The van der Waals surface area contributed by atoms with Gasteiger partial charge in [-0.25, -0.2) is 0 Å². The fourth-order valence-corrected chi connectivity index (χ4v) is 7.67. The highest BCUT2D eigenvalue weighted by atomic mass is 16.5. The van der Waals surface area contributed by atoms with Gasteiger partial charge in [0, 0.05) is 6.92 Å². The second-order valence-electron chi connectivity index (χ2n) is 10.0. The minimum absolute atomic E-state index is 0.116. The summed E-state index contributed by atoms with van der Waals surface area (Å²) in [4.78, 5) is 23.5. The lowest BCUT2D eigenvalue weighted by Crippen LogP contribution is -2.54. The summed E-state index contributed by atoms with van der Waals surface area (Å²) < 4.78 is 5.56. The monoisotopic (exact) mass is 358 g/mol. The molecule has 0 aliphatic heterocycles. The van der Waals surface area contributed by atoms with Crippen molar-refractivity contribution in [2.45, 2.75) is 85.2 Å². The molecule has 4 rings (SSSR count). The Morgan fingerprint density at radius 2 is 1.81 bits per heavy atom. The van der Waals surface area contributed by atoms with Crippen LogP contribution in [0.1, 0.15) is 79.1 Å². The van der Waals surface area contributed by atoms with Crippen molar-refractivity contribution in [2.75, 3.05) is 0 Å². The van der Waals surface area contributed by atoms with Crippen LogP contribution >= 0.6 is 0 Å². The summed E-state index contributed by atoms with van der Waals surface area (Å²) in [6.07, 6.45) is 11.7. The lowest BCUT2D eigenvalue weighted by Gasteiger charge is -2.60. The Balaban J connectivity index is 1.54. The molecule has 26 heavy (non-hydrogen) atoms. The molecule has 7 atom stereocenters. The average molecular weight is 359 g/mol. The number of esters is 1. The van der Waals surface area contributed by atoms with Crippen LogP contribution < -0.4 is 0 Å². The number of carbonyl (C=O) groups excluding carboxylic acids is 2. The van der Waals surface area contributed by atoms with Crippen LogP contribution in [-0.4, -0.2) is 17.9 Å². The van der Waals surface area contributed by atoms with Crippen LogP contribution in [0.3, 0.4) is 0 Å². The summed E-state index contributed by atoms with van der Waals surface area (Å²) in [5.74, 6) is 3.03. The van der Waals surface area contributed by atoms with Gasteiger partial charge in [-0.05, 0) is 98.4 Å². The van der Waals surface area contributed by atoms with E-state index in [1.54, 1.807) is 6.92 Å². The van der Waals surface area contributed by atoms with E-state index < -0.39 is 0 Å². The molecule has 3 fully saturated rings. The molecular weight excluding hydrogens is 324 g/mol. The Hall–Kier alpha value is -1.12. The summed E-state index contributed by atoms with van der Waals surface area (Å²) >= 11 is 0. The van der Waals surface area contributed by atoms with Crippen molar-refractivity contribution in [2.24, 2.45) is 34.5 Å². The largest absolute Gasteiger partial charge is 0.463 e. The third-order valence-electron chi connectivity index (χ3n) is 8.91. The van der Waals surface area contributed by atoms with Crippen molar-refractivity contribution in [1.82, 2.24) is 0 Å². The maximum atomic E-state index is 12.2. The fraction of sp³-hybridized carbons (Fsp3) is 0.826. The van der Waals surface area contributed by atoms with E-state index >= 15 is 0 Å². The van der Waals surface area contributed by atoms with Crippen molar-refractivity contribution in [3.63, 3.8) is 0 Å². The molecule has 3 saturated carbocycles. The molecule has 0 saturated heterocycles. The first-order valence-corrected chi connectivity index (χ1v) is 10.6. The summed E-state index contributed by atoms with van der Waals surface area (Å²) in [6.45, 7) is 8.17. The smallest absolute Gasteiger partial charge is 0.302 e. The van der Waals surface area contributed by atoms with Crippen LogP contribution in [-0.2, 0) is 14.3 Å². The van der Waals surface area contributed by atoms with Gasteiger partial charge in [0.1, 0.15) is 6.10 Å². The molecule has 0 heterocycles. The zero-order valence-electron chi connectivity index (χ0n) is 16.8. The molecule has 4 aliphatic rings. The SMILES string of the molecule is CC(=O)O[C@H]1CC[C@@]2(C)[C@@H](CC[C@@H]3[C@@H]2CC[C@]2(C)C(C(C)=O)=CC[C@@H]32)C1. The molecule has 0 aromatic carbocycles. The van der Waals surface area contributed by atoms with E-state index in [2.05, 4.69) is 19.9 Å². The van der Waals surface area contributed by atoms with Crippen molar-refractivity contribution >= 4 is 11.8 Å². The van der Waals surface area contributed by atoms with Gasteiger partial charge in [0.15, 0.2) is 5.78 Å². The lowest BCUT2D eigenvalue weighted by molar-refractivity contribution is -0.159. The zero-order valence-corrected chi connectivity index (χ0v) is 16.8. The highest BCUT2D eigenvalue weighted by molar-refractivity contribution is 5.95. The normalized spacial score (nSPS) is 47.2. The number of ketones is 1. The van der Waals surface area contributed by atoms with Crippen LogP contribution in [0.2, 0.25) is 0 Å². The molecule has 3 nitrogen and oxygen atoms in total. The predicted octanol–water partition coefficient (Wildman–Crippen LogP) is 5.09. The van der Waals surface area contributed by atoms with Crippen LogP contribution in [0, 0.1) is 34.5 Å². The molecule has 144 valence electrons. The molecule has 0 amide bonds. The maximum absolute atomic E-state index is 12.2. The number of hydrogen-bond donors (Lipinski definition) is 0. The quantitative estimate of drug-likeness (QED) is 0.646.